The van der Waals surface area contributed by atoms with Gasteiger partial charge in [-0.15, -0.1) is 0 Å². The van der Waals surface area contributed by atoms with Crippen molar-refractivity contribution >= 4 is 0 Å². The Morgan fingerprint density at radius 1 is 1.15 bits per heavy atom. The SMILES string of the molecule is CCCNC(Cn1nc(C)c(C)c1C)c1ccccc1. The predicted octanol–water partition coefficient (Wildman–Crippen LogP) is 3.55. The average Bonchev–Trinajstić information content (AvgIpc) is 2.71. The van der Waals surface area contributed by atoms with Gasteiger partial charge in [-0.3, -0.25) is 4.68 Å². The van der Waals surface area contributed by atoms with Crippen molar-refractivity contribution in [2.45, 2.75) is 46.7 Å². The summed E-state index contributed by atoms with van der Waals surface area (Å²) in [4.78, 5) is 0. The van der Waals surface area contributed by atoms with Gasteiger partial charge in [0, 0.05) is 5.69 Å². The Balaban J connectivity index is 2.21. The minimum absolute atomic E-state index is 0.313. The molecule has 20 heavy (non-hydrogen) atoms. The highest BCUT2D eigenvalue weighted by Gasteiger charge is 2.14. The highest BCUT2D eigenvalue weighted by atomic mass is 15.3. The van der Waals surface area contributed by atoms with Gasteiger partial charge >= 0.3 is 0 Å². The van der Waals surface area contributed by atoms with E-state index in [0.717, 1.165) is 25.2 Å². The first-order chi connectivity index (χ1) is 9.63. The number of nitrogens with one attached hydrogen (secondary N) is 1. The zero-order valence-electron chi connectivity index (χ0n) is 13.0. The van der Waals surface area contributed by atoms with Gasteiger partial charge in [0.2, 0.25) is 0 Å². The van der Waals surface area contributed by atoms with Crippen LogP contribution in [0.5, 0.6) is 0 Å². The number of nitrogens with zero attached hydrogens (tertiary/aromatic N) is 2. The molecule has 108 valence electrons. The molecule has 0 radical (unpaired) electrons. The Labute approximate surface area is 122 Å². The fourth-order valence-corrected chi connectivity index (χ4v) is 2.43. The largest absolute Gasteiger partial charge is 0.308 e. The molecule has 2 aromatic rings. The van der Waals surface area contributed by atoms with Crippen LogP contribution in [0.15, 0.2) is 30.3 Å². The van der Waals surface area contributed by atoms with Gasteiger partial charge in [0.1, 0.15) is 0 Å². The van der Waals surface area contributed by atoms with Crippen molar-refractivity contribution in [1.29, 1.82) is 0 Å². The Kier molecular flexibility index (Phi) is 4.96. The molecule has 0 bridgehead atoms. The highest BCUT2D eigenvalue weighted by Crippen LogP contribution is 2.18. The maximum Gasteiger partial charge on any atom is 0.0625 e. The summed E-state index contributed by atoms with van der Waals surface area (Å²) in [5.74, 6) is 0. The van der Waals surface area contributed by atoms with E-state index >= 15 is 0 Å². The van der Waals surface area contributed by atoms with E-state index < -0.39 is 0 Å². The van der Waals surface area contributed by atoms with Crippen LogP contribution in [0.25, 0.3) is 0 Å². The van der Waals surface area contributed by atoms with Crippen molar-refractivity contribution in [3.8, 4) is 0 Å². The number of hydrogen-bond acceptors (Lipinski definition) is 2. The molecule has 0 spiro atoms. The molecule has 0 aliphatic carbocycles. The third-order valence-electron chi connectivity index (χ3n) is 3.94. The Bertz CT molecular complexity index is 543. The molecular weight excluding hydrogens is 246 g/mol. The van der Waals surface area contributed by atoms with Gasteiger partial charge in [-0.05, 0) is 44.9 Å². The molecule has 1 N–H and O–H groups in total. The van der Waals surface area contributed by atoms with E-state index in [2.05, 4.69) is 73.1 Å². The summed E-state index contributed by atoms with van der Waals surface area (Å²) in [6, 6.07) is 10.9. The van der Waals surface area contributed by atoms with Crippen LogP contribution >= 0.6 is 0 Å². The molecule has 3 heteroatoms. The summed E-state index contributed by atoms with van der Waals surface area (Å²) in [6.07, 6.45) is 1.14. The number of aryl methyl sites for hydroxylation is 1. The maximum atomic E-state index is 4.66. The van der Waals surface area contributed by atoms with Gasteiger partial charge in [0.15, 0.2) is 0 Å². The third-order valence-corrected chi connectivity index (χ3v) is 3.94. The van der Waals surface area contributed by atoms with Crippen LogP contribution in [-0.4, -0.2) is 16.3 Å². The Hall–Kier alpha value is -1.61. The van der Waals surface area contributed by atoms with E-state index in [-0.39, 0.29) is 0 Å². The predicted molar refractivity (Wildman–Crippen MR) is 83.9 cm³/mol. The lowest BCUT2D eigenvalue weighted by Crippen LogP contribution is -2.27. The van der Waals surface area contributed by atoms with Crippen molar-refractivity contribution in [3.63, 3.8) is 0 Å². The molecular formula is C17H25N3. The van der Waals surface area contributed by atoms with Gasteiger partial charge in [-0.1, -0.05) is 37.3 Å². The summed E-state index contributed by atoms with van der Waals surface area (Å²) in [5.41, 5.74) is 5.02. The summed E-state index contributed by atoms with van der Waals surface area (Å²) in [6.45, 7) is 10.5. The number of rotatable bonds is 6. The van der Waals surface area contributed by atoms with Crippen LogP contribution < -0.4 is 5.32 Å². The number of benzene rings is 1. The fraction of sp³-hybridized carbons (Fsp3) is 0.471. The molecule has 0 saturated carbocycles. The van der Waals surface area contributed by atoms with Gasteiger partial charge in [-0.25, -0.2) is 0 Å². The summed E-state index contributed by atoms with van der Waals surface area (Å²) < 4.78 is 2.13. The molecule has 0 aliphatic rings. The smallest absolute Gasteiger partial charge is 0.0625 e. The van der Waals surface area contributed by atoms with Crippen LogP contribution in [-0.2, 0) is 6.54 Å². The van der Waals surface area contributed by atoms with E-state index in [1.807, 2.05) is 0 Å². The van der Waals surface area contributed by atoms with Gasteiger partial charge < -0.3 is 5.32 Å². The molecule has 3 nitrogen and oxygen atoms in total. The highest BCUT2D eigenvalue weighted by molar-refractivity contribution is 5.23. The second-order valence-electron chi connectivity index (χ2n) is 5.40. The monoisotopic (exact) mass is 271 g/mol. The van der Waals surface area contributed by atoms with Crippen molar-refractivity contribution in [1.82, 2.24) is 15.1 Å². The van der Waals surface area contributed by atoms with Crippen molar-refractivity contribution < 1.29 is 0 Å². The molecule has 1 atom stereocenters. The topological polar surface area (TPSA) is 29.9 Å². The molecule has 1 unspecified atom stereocenters. The fourth-order valence-electron chi connectivity index (χ4n) is 2.43. The van der Waals surface area contributed by atoms with Crippen LogP contribution in [0, 0.1) is 20.8 Å². The standard InChI is InChI=1S/C17H25N3/c1-5-11-18-17(16-9-7-6-8-10-16)12-20-15(4)13(2)14(3)19-20/h6-10,17-18H,5,11-12H2,1-4H3. The third kappa shape index (κ3) is 3.28. The molecule has 2 rings (SSSR count). The first kappa shape index (κ1) is 14.8. The minimum atomic E-state index is 0.313. The molecule has 1 heterocycles. The molecule has 0 amide bonds. The lowest BCUT2D eigenvalue weighted by Gasteiger charge is -2.20. The first-order valence-electron chi connectivity index (χ1n) is 7.42. The van der Waals surface area contributed by atoms with Crippen LogP contribution in [0.1, 0.15) is 41.9 Å². The van der Waals surface area contributed by atoms with E-state index in [1.54, 1.807) is 0 Å². The van der Waals surface area contributed by atoms with Crippen molar-refractivity contribution in [2.24, 2.45) is 0 Å². The summed E-state index contributed by atoms with van der Waals surface area (Å²) >= 11 is 0. The van der Waals surface area contributed by atoms with Crippen LogP contribution in [0.2, 0.25) is 0 Å². The normalized spacial score (nSPS) is 12.6. The molecule has 1 aromatic carbocycles. The second-order valence-corrected chi connectivity index (χ2v) is 5.40. The van der Waals surface area contributed by atoms with Crippen molar-refractivity contribution in [2.75, 3.05) is 6.54 Å². The molecule has 0 aliphatic heterocycles. The lowest BCUT2D eigenvalue weighted by molar-refractivity contribution is 0.432. The van der Waals surface area contributed by atoms with E-state index in [4.69, 9.17) is 0 Å². The second kappa shape index (κ2) is 6.71. The van der Waals surface area contributed by atoms with Crippen LogP contribution in [0.4, 0.5) is 0 Å². The average molecular weight is 271 g/mol. The van der Waals surface area contributed by atoms with Gasteiger partial charge in [0.25, 0.3) is 0 Å². The Morgan fingerprint density at radius 3 is 2.40 bits per heavy atom. The van der Waals surface area contributed by atoms with Crippen LogP contribution in [0.3, 0.4) is 0 Å². The molecule has 0 saturated heterocycles. The van der Waals surface area contributed by atoms with E-state index in [0.29, 0.717) is 6.04 Å². The molecule has 0 fully saturated rings. The summed E-state index contributed by atoms with van der Waals surface area (Å²) in [7, 11) is 0. The zero-order chi connectivity index (χ0) is 14.5. The quantitative estimate of drug-likeness (QED) is 0.870. The van der Waals surface area contributed by atoms with E-state index in [1.165, 1.54) is 16.8 Å². The zero-order valence-corrected chi connectivity index (χ0v) is 13.0. The van der Waals surface area contributed by atoms with Crippen molar-refractivity contribution in [3.05, 3.63) is 52.8 Å². The minimum Gasteiger partial charge on any atom is -0.308 e. The number of aromatic nitrogens is 2. The van der Waals surface area contributed by atoms with E-state index in [9.17, 15) is 0 Å². The number of hydrogen-bond donors (Lipinski definition) is 1. The van der Waals surface area contributed by atoms with Gasteiger partial charge in [0.05, 0.1) is 18.3 Å². The molecule has 1 aromatic heterocycles. The van der Waals surface area contributed by atoms with Gasteiger partial charge in [-0.2, -0.15) is 5.10 Å². The Morgan fingerprint density at radius 2 is 1.85 bits per heavy atom. The first-order valence-corrected chi connectivity index (χ1v) is 7.42. The summed E-state index contributed by atoms with van der Waals surface area (Å²) in [5, 5.41) is 8.29. The maximum absolute atomic E-state index is 4.66. The lowest BCUT2D eigenvalue weighted by atomic mass is 10.1.